The lowest BCUT2D eigenvalue weighted by atomic mass is 9.86. The molecule has 1 aromatic heterocycles. The Labute approximate surface area is 190 Å². The summed E-state index contributed by atoms with van der Waals surface area (Å²) in [4.78, 5) is 11.6. The third kappa shape index (κ3) is 5.86. The van der Waals surface area contributed by atoms with Crippen molar-refractivity contribution in [1.82, 2.24) is 15.3 Å². The van der Waals surface area contributed by atoms with Crippen LogP contribution in [0.2, 0.25) is 5.02 Å². The molecule has 164 valence electrons. The van der Waals surface area contributed by atoms with Gasteiger partial charge in [-0.15, -0.1) is 0 Å². The number of fused-ring (bicyclic) bond motifs is 1. The molecule has 0 bridgehead atoms. The van der Waals surface area contributed by atoms with E-state index in [1.165, 1.54) is 18.4 Å². The average molecular weight is 438 g/mol. The number of para-hydroxylation sites is 1. The van der Waals surface area contributed by atoms with Crippen molar-refractivity contribution in [2.45, 2.75) is 38.1 Å². The highest BCUT2D eigenvalue weighted by Gasteiger charge is 2.22. The van der Waals surface area contributed by atoms with Crippen molar-refractivity contribution in [3.63, 3.8) is 0 Å². The lowest BCUT2D eigenvalue weighted by molar-refractivity contribution is 0.325. The molecule has 31 heavy (non-hydrogen) atoms. The molecule has 0 aliphatic heterocycles. The lowest BCUT2D eigenvalue weighted by Crippen LogP contribution is -2.32. The maximum Gasteiger partial charge on any atom is 0.225 e. The Morgan fingerprint density at radius 1 is 1.00 bits per heavy atom. The second kappa shape index (κ2) is 10.3. The highest BCUT2D eigenvalue weighted by Crippen LogP contribution is 2.28. The average Bonchev–Trinajstić information content (AvgIpc) is 2.77. The molecule has 0 amide bonds. The largest absolute Gasteiger partial charge is 0.362 e. The van der Waals surface area contributed by atoms with Crippen LogP contribution in [0.5, 0.6) is 0 Å². The summed E-state index contributed by atoms with van der Waals surface area (Å²) < 4.78 is 0. The van der Waals surface area contributed by atoms with Crippen molar-refractivity contribution in [3.8, 4) is 0 Å². The Morgan fingerprint density at radius 3 is 2.58 bits per heavy atom. The molecule has 4 rings (SSSR count). The third-order valence-electron chi connectivity index (χ3n) is 6.10. The number of nitrogens with zero attached hydrogens (tertiary/aromatic N) is 3. The Hall–Kier alpha value is -2.37. The van der Waals surface area contributed by atoms with Crippen molar-refractivity contribution < 1.29 is 0 Å². The number of hydrogen-bond acceptors (Lipinski definition) is 5. The van der Waals surface area contributed by atoms with Crippen LogP contribution >= 0.6 is 11.6 Å². The van der Waals surface area contributed by atoms with E-state index in [1.54, 1.807) is 0 Å². The number of aromatic nitrogens is 2. The molecule has 0 unspecified atom stereocenters. The minimum absolute atomic E-state index is 0.443. The molecule has 1 aliphatic rings. The van der Waals surface area contributed by atoms with Gasteiger partial charge in [0.1, 0.15) is 5.82 Å². The van der Waals surface area contributed by atoms with E-state index in [0.717, 1.165) is 66.0 Å². The fraction of sp³-hybridized carbons (Fsp3) is 0.440. The molecule has 1 fully saturated rings. The highest BCUT2D eigenvalue weighted by molar-refractivity contribution is 6.30. The first-order chi connectivity index (χ1) is 15.1. The normalized spacial score (nSPS) is 18.8. The molecule has 0 saturated heterocycles. The third-order valence-corrected chi connectivity index (χ3v) is 6.33. The van der Waals surface area contributed by atoms with Crippen molar-refractivity contribution in [3.05, 3.63) is 59.1 Å². The topological polar surface area (TPSA) is 53.1 Å². The van der Waals surface area contributed by atoms with Gasteiger partial charge in [-0.25, -0.2) is 4.98 Å². The van der Waals surface area contributed by atoms with Crippen molar-refractivity contribution in [1.29, 1.82) is 0 Å². The van der Waals surface area contributed by atoms with Gasteiger partial charge in [0.15, 0.2) is 0 Å². The quantitative estimate of drug-likeness (QED) is 0.477. The summed E-state index contributed by atoms with van der Waals surface area (Å²) in [6, 6.07) is 16.8. The number of rotatable bonds is 8. The summed E-state index contributed by atoms with van der Waals surface area (Å²) in [7, 11) is 4.06. The van der Waals surface area contributed by atoms with Crippen LogP contribution in [0.15, 0.2) is 48.5 Å². The predicted molar refractivity (Wildman–Crippen MR) is 131 cm³/mol. The van der Waals surface area contributed by atoms with Gasteiger partial charge in [0.25, 0.3) is 0 Å². The van der Waals surface area contributed by atoms with Gasteiger partial charge in [0.05, 0.1) is 5.52 Å². The fourth-order valence-corrected chi connectivity index (χ4v) is 4.60. The molecule has 5 nitrogen and oxygen atoms in total. The van der Waals surface area contributed by atoms with Crippen molar-refractivity contribution in [2.75, 3.05) is 37.4 Å². The van der Waals surface area contributed by atoms with E-state index >= 15 is 0 Å². The van der Waals surface area contributed by atoms with E-state index < -0.39 is 0 Å². The van der Waals surface area contributed by atoms with Crippen LogP contribution in [0.3, 0.4) is 0 Å². The summed E-state index contributed by atoms with van der Waals surface area (Å²) in [5, 5.41) is 9.14. The molecule has 1 saturated carbocycles. The molecule has 6 heteroatoms. The minimum atomic E-state index is 0.443. The second-order valence-electron chi connectivity index (χ2n) is 8.73. The number of halogens is 1. The molecule has 3 aromatic rings. The number of anilines is 2. The molecule has 0 atom stereocenters. The van der Waals surface area contributed by atoms with Crippen molar-refractivity contribution in [2.24, 2.45) is 5.92 Å². The zero-order chi connectivity index (χ0) is 21.6. The summed E-state index contributed by atoms with van der Waals surface area (Å²) in [6.45, 7) is 2.08. The molecule has 0 spiro atoms. The van der Waals surface area contributed by atoms with Crippen LogP contribution in [-0.2, 0) is 6.42 Å². The van der Waals surface area contributed by atoms with Gasteiger partial charge in [0.2, 0.25) is 5.95 Å². The Kier molecular flexibility index (Phi) is 7.25. The molecular weight excluding hydrogens is 406 g/mol. The monoisotopic (exact) mass is 437 g/mol. The van der Waals surface area contributed by atoms with Gasteiger partial charge < -0.3 is 15.5 Å². The van der Waals surface area contributed by atoms with E-state index in [-0.39, 0.29) is 0 Å². The van der Waals surface area contributed by atoms with Crippen LogP contribution in [0.1, 0.15) is 31.2 Å². The van der Waals surface area contributed by atoms with E-state index in [1.807, 2.05) is 38.4 Å². The van der Waals surface area contributed by atoms with Gasteiger partial charge in [-0.3, -0.25) is 0 Å². The highest BCUT2D eigenvalue weighted by atomic mass is 35.5. The molecule has 0 radical (unpaired) electrons. The molecule has 1 aliphatic carbocycles. The Balaban J connectivity index is 1.25. The molecule has 1 heterocycles. The predicted octanol–water partition coefficient (Wildman–Crippen LogP) is 5.15. The second-order valence-corrected chi connectivity index (χ2v) is 9.16. The van der Waals surface area contributed by atoms with Crippen LogP contribution in [0, 0.1) is 5.92 Å². The van der Waals surface area contributed by atoms with Crippen LogP contribution < -0.4 is 15.5 Å². The summed E-state index contributed by atoms with van der Waals surface area (Å²) in [5.41, 5.74) is 2.28. The lowest BCUT2D eigenvalue weighted by Gasteiger charge is -2.29. The van der Waals surface area contributed by atoms with E-state index in [9.17, 15) is 0 Å². The SMILES string of the molecule is CN(C)c1nc(N[C@H]2CC[C@@H](CNCCc3cccc(Cl)c3)CC2)nc2ccccc12. The van der Waals surface area contributed by atoms with Gasteiger partial charge in [-0.1, -0.05) is 35.9 Å². The molecule has 2 aromatic carbocycles. The van der Waals surface area contributed by atoms with Crippen molar-refractivity contribution >= 4 is 34.3 Å². The molecular formula is C25H32ClN5. The number of nitrogens with one attached hydrogen (secondary N) is 2. The van der Waals surface area contributed by atoms with Gasteiger partial charge in [0, 0.05) is 30.5 Å². The Bertz CT molecular complexity index is 998. The number of hydrogen-bond donors (Lipinski definition) is 2. The smallest absolute Gasteiger partial charge is 0.225 e. The fourth-order valence-electron chi connectivity index (χ4n) is 4.39. The van der Waals surface area contributed by atoms with E-state index in [4.69, 9.17) is 21.6 Å². The zero-order valence-electron chi connectivity index (χ0n) is 18.4. The summed E-state index contributed by atoms with van der Waals surface area (Å²) in [6.07, 6.45) is 5.80. The van der Waals surface area contributed by atoms with Gasteiger partial charge in [-0.2, -0.15) is 4.98 Å². The zero-order valence-corrected chi connectivity index (χ0v) is 19.2. The maximum atomic E-state index is 6.07. The van der Waals surface area contributed by atoms with Crippen LogP contribution in [0.25, 0.3) is 10.9 Å². The van der Waals surface area contributed by atoms with Gasteiger partial charge in [-0.05, 0) is 80.9 Å². The first kappa shape index (κ1) is 21.8. The minimum Gasteiger partial charge on any atom is -0.362 e. The van der Waals surface area contributed by atoms with Crippen LogP contribution in [-0.4, -0.2) is 43.2 Å². The van der Waals surface area contributed by atoms with Gasteiger partial charge >= 0.3 is 0 Å². The first-order valence-electron chi connectivity index (χ1n) is 11.2. The van der Waals surface area contributed by atoms with Crippen LogP contribution in [0.4, 0.5) is 11.8 Å². The van der Waals surface area contributed by atoms with E-state index in [2.05, 4.69) is 39.8 Å². The summed E-state index contributed by atoms with van der Waals surface area (Å²) >= 11 is 6.07. The number of benzene rings is 2. The van der Waals surface area contributed by atoms with E-state index in [0.29, 0.717) is 6.04 Å². The first-order valence-corrected chi connectivity index (χ1v) is 11.6. The summed E-state index contributed by atoms with van der Waals surface area (Å²) in [5.74, 6) is 2.45. The Morgan fingerprint density at radius 2 is 1.81 bits per heavy atom. The maximum absolute atomic E-state index is 6.07. The standard InChI is InChI=1S/C25H32ClN5/c1-31(2)24-22-8-3-4-9-23(22)29-25(30-24)28-21-12-10-19(11-13-21)17-27-15-14-18-6-5-7-20(26)16-18/h3-9,16,19,21,27H,10-15,17H2,1-2H3,(H,28,29,30)/t19-,21+. The molecule has 2 N–H and O–H groups in total.